The Kier molecular flexibility index (Phi) is 9.19. The van der Waals surface area contributed by atoms with Gasteiger partial charge in [0.25, 0.3) is 5.97 Å². The maximum atomic E-state index is 9.93. The largest absolute Gasteiger partial charge is 0.507 e. The van der Waals surface area contributed by atoms with Gasteiger partial charge in [-0.25, -0.2) is 0 Å². The van der Waals surface area contributed by atoms with Crippen molar-refractivity contribution in [3.8, 4) is 16.9 Å². The van der Waals surface area contributed by atoms with Gasteiger partial charge < -0.3 is 20.6 Å². The summed E-state index contributed by atoms with van der Waals surface area (Å²) >= 11 is 1.47. The Balaban J connectivity index is 0.000000271. The first kappa shape index (κ1) is 22.0. The Labute approximate surface area is 159 Å². The number of fused-ring (bicyclic) bond motifs is 1. The number of aliphatic hydroxyl groups is 1. The number of rotatable bonds is 5. The number of aliphatic hydroxyl groups excluding tert-OH is 1. The quantitative estimate of drug-likeness (QED) is 0.504. The minimum Gasteiger partial charge on any atom is -0.507 e. The summed E-state index contributed by atoms with van der Waals surface area (Å²) in [5.41, 5.74) is 3.68. The van der Waals surface area contributed by atoms with E-state index in [1.54, 1.807) is 12.1 Å². The average molecular weight is 378 g/mol. The average Bonchev–Trinajstić information content (AvgIpc) is 3.18. The van der Waals surface area contributed by atoms with Crippen molar-refractivity contribution in [3.05, 3.63) is 48.0 Å². The van der Waals surface area contributed by atoms with Gasteiger partial charge in [-0.2, -0.15) is 0 Å². The number of hydrogen-bond donors (Lipinski definition) is 4. The second-order valence-corrected chi connectivity index (χ2v) is 6.96. The number of phenols is 1. The van der Waals surface area contributed by atoms with Crippen LogP contribution in [0.1, 0.15) is 32.4 Å². The summed E-state index contributed by atoms with van der Waals surface area (Å²) in [4.78, 5) is 9.79. The van der Waals surface area contributed by atoms with Crippen LogP contribution in [0.3, 0.4) is 0 Å². The summed E-state index contributed by atoms with van der Waals surface area (Å²) in [5, 5.41) is 30.0. The van der Waals surface area contributed by atoms with E-state index in [1.807, 2.05) is 26.2 Å². The SMILES string of the molecule is CC(=O)O.CSc1cc(C(O)CNC(C)C)ccc1O.c1cc2cc-2c1. The highest BCUT2D eigenvalue weighted by atomic mass is 32.2. The fourth-order valence-corrected chi connectivity index (χ4v) is 2.57. The van der Waals surface area contributed by atoms with Crippen LogP contribution in [0.5, 0.6) is 5.75 Å². The van der Waals surface area contributed by atoms with Gasteiger partial charge in [0, 0.05) is 24.4 Å². The van der Waals surface area contributed by atoms with E-state index in [-0.39, 0.29) is 5.75 Å². The fraction of sp³-hybridized carbons (Fsp3) is 0.350. The first-order valence-electron chi connectivity index (χ1n) is 8.33. The molecule has 2 aliphatic carbocycles. The molecule has 0 saturated carbocycles. The summed E-state index contributed by atoms with van der Waals surface area (Å²) in [6.07, 6.45) is 1.37. The van der Waals surface area contributed by atoms with Crippen LogP contribution in [0.25, 0.3) is 11.1 Å². The molecular weight excluding hydrogens is 350 g/mol. The van der Waals surface area contributed by atoms with Gasteiger partial charge in [0.1, 0.15) is 5.75 Å². The lowest BCUT2D eigenvalue weighted by Crippen LogP contribution is -2.27. The van der Waals surface area contributed by atoms with Crippen LogP contribution in [-0.2, 0) is 4.79 Å². The van der Waals surface area contributed by atoms with Gasteiger partial charge in [0.05, 0.1) is 6.10 Å². The molecule has 2 aliphatic rings. The zero-order valence-corrected chi connectivity index (χ0v) is 16.4. The van der Waals surface area contributed by atoms with Gasteiger partial charge >= 0.3 is 0 Å². The number of carboxylic acid groups (broad SMARTS) is 1. The predicted octanol–water partition coefficient (Wildman–Crippen LogP) is 3.90. The second kappa shape index (κ2) is 10.9. The number of aromatic hydroxyl groups is 1. The van der Waals surface area contributed by atoms with E-state index in [0.29, 0.717) is 12.6 Å². The highest BCUT2D eigenvalue weighted by molar-refractivity contribution is 7.98. The Morgan fingerprint density at radius 3 is 2.12 bits per heavy atom. The van der Waals surface area contributed by atoms with Crippen molar-refractivity contribution in [3.63, 3.8) is 0 Å². The third-order valence-electron chi connectivity index (χ3n) is 3.42. The van der Waals surface area contributed by atoms with Gasteiger partial charge in [-0.15, -0.1) is 11.8 Å². The molecule has 1 atom stereocenters. The molecule has 142 valence electrons. The molecule has 0 fully saturated rings. The van der Waals surface area contributed by atoms with E-state index in [0.717, 1.165) is 17.4 Å². The summed E-state index contributed by atoms with van der Waals surface area (Å²) in [6, 6.07) is 14.0. The number of nitrogens with one attached hydrogen (secondary N) is 1. The smallest absolute Gasteiger partial charge is 0.300 e. The normalized spacial score (nSPS) is 11.6. The third-order valence-corrected chi connectivity index (χ3v) is 4.19. The van der Waals surface area contributed by atoms with Crippen molar-refractivity contribution in [2.75, 3.05) is 12.8 Å². The molecule has 5 nitrogen and oxygen atoms in total. The van der Waals surface area contributed by atoms with E-state index >= 15 is 0 Å². The molecule has 26 heavy (non-hydrogen) atoms. The van der Waals surface area contributed by atoms with Gasteiger partial charge in [0.2, 0.25) is 0 Å². The van der Waals surface area contributed by atoms with Crippen LogP contribution in [0.15, 0.2) is 47.4 Å². The lowest BCUT2D eigenvalue weighted by molar-refractivity contribution is -0.134. The van der Waals surface area contributed by atoms with Gasteiger partial charge in [0.15, 0.2) is 0 Å². The first-order chi connectivity index (χ1) is 12.2. The van der Waals surface area contributed by atoms with Crippen LogP contribution in [0.4, 0.5) is 0 Å². The molecular formula is C20H27NO4S. The van der Waals surface area contributed by atoms with Crippen molar-refractivity contribution in [1.82, 2.24) is 5.32 Å². The van der Waals surface area contributed by atoms with E-state index in [4.69, 9.17) is 9.90 Å². The van der Waals surface area contributed by atoms with Crippen LogP contribution in [0, 0.1) is 0 Å². The zero-order valence-electron chi connectivity index (χ0n) is 15.6. The Morgan fingerprint density at radius 2 is 1.73 bits per heavy atom. The van der Waals surface area contributed by atoms with Crippen molar-refractivity contribution in [2.24, 2.45) is 0 Å². The number of aliphatic carboxylic acids is 1. The van der Waals surface area contributed by atoms with Crippen LogP contribution < -0.4 is 5.32 Å². The van der Waals surface area contributed by atoms with Crippen molar-refractivity contribution in [1.29, 1.82) is 0 Å². The zero-order chi connectivity index (χ0) is 19.7. The van der Waals surface area contributed by atoms with E-state index in [9.17, 15) is 10.2 Å². The molecule has 0 spiro atoms. The molecule has 0 bridgehead atoms. The van der Waals surface area contributed by atoms with Gasteiger partial charge in [-0.05, 0) is 41.1 Å². The maximum absolute atomic E-state index is 9.93. The Hall–Kier alpha value is -2.02. The summed E-state index contributed by atoms with van der Waals surface area (Å²) < 4.78 is 0. The molecule has 4 N–H and O–H groups in total. The number of thioether (sulfide) groups is 1. The van der Waals surface area contributed by atoms with E-state index < -0.39 is 12.1 Å². The Morgan fingerprint density at radius 1 is 1.15 bits per heavy atom. The fourth-order valence-electron chi connectivity index (χ4n) is 2.04. The molecule has 1 aromatic carbocycles. The van der Waals surface area contributed by atoms with Crippen LogP contribution in [0.2, 0.25) is 0 Å². The van der Waals surface area contributed by atoms with E-state index in [2.05, 4.69) is 29.6 Å². The number of phenolic OH excluding ortho intramolecular Hbond substituents is 1. The number of hydrogen-bond acceptors (Lipinski definition) is 5. The predicted molar refractivity (Wildman–Crippen MR) is 107 cm³/mol. The Bertz CT molecular complexity index is 697. The molecule has 0 saturated heterocycles. The van der Waals surface area contributed by atoms with Crippen LogP contribution >= 0.6 is 11.8 Å². The van der Waals surface area contributed by atoms with Crippen molar-refractivity contribution >= 4 is 17.7 Å². The topological polar surface area (TPSA) is 89.8 Å². The first-order valence-corrected chi connectivity index (χ1v) is 9.55. The standard InChI is InChI=1S/C12H19NO2S.C6H4.C2H4O2/c1-8(2)13-7-11(15)9-4-5-10(14)12(6-9)16-3;1-2-5-4-6(5)3-1;1-2(3)4/h4-6,8,11,13-15H,7H2,1-3H3;1-4H;1H3,(H,3,4). The van der Waals surface area contributed by atoms with E-state index in [1.165, 1.54) is 22.9 Å². The molecule has 6 heteroatoms. The van der Waals surface area contributed by atoms with Crippen molar-refractivity contribution < 1.29 is 20.1 Å². The summed E-state index contributed by atoms with van der Waals surface area (Å²) in [7, 11) is 0. The number of carbonyl (C=O) groups is 1. The summed E-state index contributed by atoms with van der Waals surface area (Å²) in [5.74, 6) is -0.569. The van der Waals surface area contributed by atoms with Gasteiger partial charge in [-0.3, -0.25) is 4.79 Å². The van der Waals surface area contributed by atoms with Crippen LogP contribution in [-0.4, -0.2) is 40.1 Å². The minimum atomic E-state index is -0.833. The second-order valence-electron chi connectivity index (χ2n) is 6.11. The highest BCUT2D eigenvalue weighted by Gasteiger charge is 2.10. The molecule has 0 radical (unpaired) electrons. The number of carboxylic acids is 1. The maximum Gasteiger partial charge on any atom is 0.300 e. The lowest BCUT2D eigenvalue weighted by atomic mass is 10.1. The highest BCUT2D eigenvalue weighted by Crippen LogP contribution is 2.32. The lowest BCUT2D eigenvalue weighted by Gasteiger charge is -2.15. The molecule has 0 amide bonds. The minimum absolute atomic E-state index is 0.264. The third kappa shape index (κ3) is 8.38. The number of benzene rings is 2. The van der Waals surface area contributed by atoms with Crippen molar-refractivity contribution in [2.45, 2.75) is 37.8 Å². The monoisotopic (exact) mass is 377 g/mol. The molecule has 0 aromatic heterocycles. The van der Waals surface area contributed by atoms with Gasteiger partial charge in [-0.1, -0.05) is 38.1 Å². The molecule has 1 aromatic rings. The molecule has 3 rings (SSSR count). The molecule has 0 aliphatic heterocycles. The molecule has 1 unspecified atom stereocenters. The summed E-state index contributed by atoms with van der Waals surface area (Å²) in [6.45, 7) is 5.68. The molecule has 0 heterocycles.